The van der Waals surface area contributed by atoms with Gasteiger partial charge < -0.3 is 20.3 Å². The maximum absolute atomic E-state index is 12.4. The average Bonchev–Trinajstić information content (AvgIpc) is 3.36. The third-order valence-corrected chi connectivity index (χ3v) is 14.7. The van der Waals surface area contributed by atoms with E-state index in [9.17, 15) is 19.8 Å². The van der Waals surface area contributed by atoms with E-state index in [0.29, 0.717) is 19.4 Å². The lowest BCUT2D eigenvalue weighted by Gasteiger charge is -2.20. The van der Waals surface area contributed by atoms with Gasteiger partial charge in [0, 0.05) is 12.8 Å². The summed E-state index contributed by atoms with van der Waals surface area (Å²) in [6, 6.07) is -0.624. The van der Waals surface area contributed by atoms with E-state index in [1.165, 1.54) is 276 Å². The van der Waals surface area contributed by atoms with E-state index in [1.807, 2.05) is 6.08 Å². The topological polar surface area (TPSA) is 95.9 Å². The molecule has 3 N–H and O–H groups in total. The lowest BCUT2D eigenvalue weighted by molar-refractivity contribution is -0.143. The summed E-state index contributed by atoms with van der Waals surface area (Å²) >= 11 is 0. The van der Waals surface area contributed by atoms with Crippen molar-refractivity contribution in [2.45, 2.75) is 360 Å². The molecule has 0 rings (SSSR count). The molecular formula is C64H123NO5. The molecule has 70 heavy (non-hydrogen) atoms. The highest BCUT2D eigenvalue weighted by Gasteiger charge is 2.18. The Hall–Kier alpha value is -1.66. The zero-order valence-electron chi connectivity index (χ0n) is 47.3. The minimum Gasteiger partial charge on any atom is -0.466 e. The van der Waals surface area contributed by atoms with Crippen molar-refractivity contribution in [2.75, 3.05) is 13.2 Å². The Morgan fingerprint density at radius 3 is 1.01 bits per heavy atom. The molecule has 6 heteroatoms. The molecule has 0 aliphatic rings. The first kappa shape index (κ1) is 68.3. The van der Waals surface area contributed by atoms with E-state index in [4.69, 9.17) is 4.74 Å². The molecule has 2 unspecified atom stereocenters. The van der Waals surface area contributed by atoms with Crippen LogP contribution < -0.4 is 5.32 Å². The van der Waals surface area contributed by atoms with Crippen LogP contribution >= 0.6 is 0 Å². The fraction of sp³-hybridized carbons (Fsp3) is 0.906. The van der Waals surface area contributed by atoms with Crippen molar-refractivity contribution < 1.29 is 24.5 Å². The number of unbranched alkanes of at least 4 members (excludes halogenated alkanes) is 46. The van der Waals surface area contributed by atoms with E-state index < -0.39 is 12.1 Å². The van der Waals surface area contributed by atoms with Gasteiger partial charge in [0.05, 0.1) is 25.4 Å². The van der Waals surface area contributed by atoms with Gasteiger partial charge in [-0.1, -0.05) is 301 Å². The summed E-state index contributed by atoms with van der Waals surface area (Å²) in [5.41, 5.74) is 0. The van der Waals surface area contributed by atoms with Gasteiger partial charge in [-0.25, -0.2) is 0 Å². The minimum atomic E-state index is -0.840. The third-order valence-electron chi connectivity index (χ3n) is 14.7. The van der Waals surface area contributed by atoms with Gasteiger partial charge in [0.2, 0.25) is 5.91 Å². The molecule has 0 saturated heterocycles. The summed E-state index contributed by atoms with van der Waals surface area (Å²) in [5.74, 6) is -0.0529. The van der Waals surface area contributed by atoms with E-state index in [1.54, 1.807) is 6.08 Å². The number of aliphatic hydroxyl groups is 2. The van der Waals surface area contributed by atoms with Crippen LogP contribution in [0.2, 0.25) is 0 Å². The van der Waals surface area contributed by atoms with Crippen molar-refractivity contribution >= 4 is 11.9 Å². The minimum absolute atomic E-state index is 0.0137. The Kier molecular flexibility index (Phi) is 58.5. The van der Waals surface area contributed by atoms with Gasteiger partial charge in [-0.05, 0) is 57.8 Å². The van der Waals surface area contributed by atoms with Crippen LogP contribution in [0.5, 0.6) is 0 Å². The molecule has 0 aromatic heterocycles. The summed E-state index contributed by atoms with van der Waals surface area (Å²) in [6.45, 7) is 4.90. The molecule has 0 fully saturated rings. The predicted octanol–water partition coefficient (Wildman–Crippen LogP) is 19.8. The molecule has 0 aromatic rings. The highest BCUT2D eigenvalue weighted by atomic mass is 16.5. The number of allylic oxidation sites excluding steroid dienone is 3. The van der Waals surface area contributed by atoms with Crippen molar-refractivity contribution in [1.29, 1.82) is 0 Å². The van der Waals surface area contributed by atoms with Gasteiger partial charge in [0.1, 0.15) is 0 Å². The molecule has 1 amide bonds. The van der Waals surface area contributed by atoms with Crippen molar-refractivity contribution in [3.8, 4) is 0 Å². The van der Waals surface area contributed by atoms with Crippen LogP contribution in [0.15, 0.2) is 24.3 Å². The fourth-order valence-electron chi connectivity index (χ4n) is 9.87. The predicted molar refractivity (Wildman–Crippen MR) is 306 cm³/mol. The third kappa shape index (κ3) is 55.7. The molecule has 0 aliphatic heterocycles. The van der Waals surface area contributed by atoms with E-state index in [2.05, 4.69) is 31.3 Å². The molecule has 0 bridgehead atoms. The van der Waals surface area contributed by atoms with Crippen LogP contribution in [0.3, 0.4) is 0 Å². The number of carbonyl (C=O) groups is 2. The SMILES string of the molecule is CCCCCCCC/C=C\CCCCCCCCCC(=O)OCCCCCCCCCCCCCCCCCCCCCCCCCCCCC(=O)NC(CO)C(O)/C=C/CCCCCCCCCC. The Balaban J connectivity index is 3.33. The smallest absolute Gasteiger partial charge is 0.305 e. The van der Waals surface area contributed by atoms with Gasteiger partial charge in [0.15, 0.2) is 0 Å². The zero-order valence-corrected chi connectivity index (χ0v) is 47.3. The molecule has 6 nitrogen and oxygen atoms in total. The fourth-order valence-corrected chi connectivity index (χ4v) is 9.87. The van der Waals surface area contributed by atoms with Crippen LogP contribution in [0.4, 0.5) is 0 Å². The Morgan fingerprint density at radius 1 is 0.386 bits per heavy atom. The van der Waals surface area contributed by atoms with Crippen molar-refractivity contribution in [3.63, 3.8) is 0 Å². The van der Waals surface area contributed by atoms with Crippen molar-refractivity contribution in [1.82, 2.24) is 5.32 Å². The molecular weight excluding hydrogens is 863 g/mol. The summed E-state index contributed by atoms with van der Waals surface area (Å²) < 4.78 is 5.50. The standard InChI is InChI=1S/C64H123NO5/c1-3-5-7-9-11-13-15-16-17-28-32-35-38-42-46-50-54-58-64(69)70-59-55-51-47-43-39-36-33-30-27-25-23-21-19-18-20-22-24-26-29-31-34-37-41-45-49-53-57-63(68)65-61(60-66)62(67)56-52-48-44-40-14-12-10-8-6-4-2/h16-17,52,56,61-62,66-67H,3-15,18-51,53-55,57-60H2,1-2H3,(H,65,68)/b17-16-,56-52+. The highest BCUT2D eigenvalue weighted by Crippen LogP contribution is 2.18. The second-order valence-electron chi connectivity index (χ2n) is 21.7. The summed E-state index contributed by atoms with van der Waals surface area (Å²) in [6.07, 6.45) is 73.8. The van der Waals surface area contributed by atoms with Gasteiger partial charge >= 0.3 is 5.97 Å². The quantitative estimate of drug-likeness (QED) is 0.0321. The Morgan fingerprint density at radius 2 is 0.671 bits per heavy atom. The average molecular weight is 987 g/mol. The van der Waals surface area contributed by atoms with E-state index in [0.717, 1.165) is 44.9 Å². The largest absolute Gasteiger partial charge is 0.466 e. The van der Waals surface area contributed by atoms with Crippen molar-refractivity contribution in [3.05, 3.63) is 24.3 Å². The van der Waals surface area contributed by atoms with Crippen LogP contribution in [0, 0.1) is 0 Å². The summed E-state index contributed by atoms with van der Waals surface area (Å²) in [5, 5.41) is 23.0. The van der Waals surface area contributed by atoms with Crippen LogP contribution in [0.25, 0.3) is 0 Å². The van der Waals surface area contributed by atoms with Gasteiger partial charge in [-0.3, -0.25) is 9.59 Å². The van der Waals surface area contributed by atoms with Crippen LogP contribution in [-0.2, 0) is 14.3 Å². The van der Waals surface area contributed by atoms with E-state index >= 15 is 0 Å². The number of nitrogens with one attached hydrogen (secondary N) is 1. The zero-order chi connectivity index (χ0) is 50.7. The first-order chi connectivity index (χ1) is 34.5. The summed E-state index contributed by atoms with van der Waals surface area (Å²) in [7, 11) is 0. The van der Waals surface area contributed by atoms with E-state index in [-0.39, 0.29) is 18.5 Å². The number of esters is 1. The number of amides is 1. The first-order valence-corrected chi connectivity index (χ1v) is 31.6. The highest BCUT2D eigenvalue weighted by molar-refractivity contribution is 5.76. The number of hydrogen-bond donors (Lipinski definition) is 3. The number of ether oxygens (including phenoxy) is 1. The maximum Gasteiger partial charge on any atom is 0.305 e. The molecule has 2 atom stereocenters. The molecule has 0 spiro atoms. The number of carbonyl (C=O) groups excluding carboxylic acids is 2. The lowest BCUT2D eigenvalue weighted by Crippen LogP contribution is -2.45. The van der Waals surface area contributed by atoms with Crippen LogP contribution in [0.1, 0.15) is 348 Å². The first-order valence-electron chi connectivity index (χ1n) is 31.6. The van der Waals surface area contributed by atoms with Crippen LogP contribution in [-0.4, -0.2) is 47.4 Å². The lowest BCUT2D eigenvalue weighted by atomic mass is 10.0. The van der Waals surface area contributed by atoms with Gasteiger partial charge in [-0.15, -0.1) is 0 Å². The second kappa shape index (κ2) is 59.9. The number of rotatable bonds is 59. The monoisotopic (exact) mass is 986 g/mol. The molecule has 414 valence electrons. The molecule has 0 saturated carbocycles. The van der Waals surface area contributed by atoms with Gasteiger partial charge in [-0.2, -0.15) is 0 Å². The normalized spacial score (nSPS) is 12.7. The molecule has 0 heterocycles. The summed E-state index contributed by atoms with van der Waals surface area (Å²) in [4.78, 5) is 24.5. The van der Waals surface area contributed by atoms with Crippen molar-refractivity contribution in [2.24, 2.45) is 0 Å². The Bertz CT molecular complexity index is 1090. The maximum atomic E-state index is 12.4. The molecule has 0 aromatic carbocycles. The number of aliphatic hydroxyl groups excluding tert-OH is 2. The molecule has 0 radical (unpaired) electrons. The second-order valence-corrected chi connectivity index (χ2v) is 21.7. The Labute approximate surface area is 437 Å². The molecule has 0 aliphatic carbocycles. The number of hydrogen-bond acceptors (Lipinski definition) is 5. The van der Waals surface area contributed by atoms with Gasteiger partial charge in [0.25, 0.3) is 0 Å².